The van der Waals surface area contributed by atoms with E-state index in [1.54, 1.807) is 0 Å². The summed E-state index contributed by atoms with van der Waals surface area (Å²) in [6.45, 7) is 0.526. The summed E-state index contributed by atoms with van der Waals surface area (Å²) in [7, 11) is 0. The van der Waals surface area contributed by atoms with Gasteiger partial charge in [0, 0.05) is 24.4 Å². The maximum absolute atomic E-state index is 11.3. The maximum Gasteiger partial charge on any atom is 0.242 e. The van der Waals surface area contributed by atoms with Gasteiger partial charge in [0.2, 0.25) is 11.8 Å². The van der Waals surface area contributed by atoms with Gasteiger partial charge in [0.1, 0.15) is 6.04 Å². The first kappa shape index (κ1) is 10.3. The molecule has 76 valence electrons. The van der Waals surface area contributed by atoms with E-state index in [4.69, 9.17) is 5.53 Å². The minimum absolute atomic E-state index is 0.0970. The van der Waals surface area contributed by atoms with Crippen LogP contribution in [0.3, 0.4) is 0 Å². The van der Waals surface area contributed by atoms with Crippen molar-refractivity contribution in [3.8, 4) is 0 Å². The summed E-state index contributed by atoms with van der Waals surface area (Å²) in [4.78, 5) is 24.6. The molecule has 0 radical (unpaired) electrons. The monoisotopic (exact) mass is 197 g/mol. The van der Waals surface area contributed by atoms with E-state index in [2.05, 4.69) is 20.7 Å². The van der Waals surface area contributed by atoms with E-state index in [0.29, 0.717) is 19.4 Å². The van der Waals surface area contributed by atoms with Gasteiger partial charge in [-0.05, 0) is 12.0 Å². The third-order valence-electron chi connectivity index (χ3n) is 1.89. The zero-order chi connectivity index (χ0) is 10.4. The predicted molar refractivity (Wildman–Crippen MR) is 48.2 cm³/mol. The molecule has 0 unspecified atom stereocenters. The van der Waals surface area contributed by atoms with Crippen LogP contribution in [0.15, 0.2) is 5.11 Å². The van der Waals surface area contributed by atoms with E-state index in [0.717, 1.165) is 0 Å². The molecule has 7 heteroatoms. The molecule has 2 amide bonds. The Morgan fingerprint density at radius 1 is 1.79 bits per heavy atom. The van der Waals surface area contributed by atoms with Crippen molar-refractivity contribution in [2.24, 2.45) is 5.11 Å². The minimum atomic E-state index is -0.423. The first-order chi connectivity index (χ1) is 6.74. The number of rotatable bonds is 4. The van der Waals surface area contributed by atoms with Crippen LogP contribution in [0, 0.1) is 0 Å². The molecule has 1 saturated heterocycles. The van der Waals surface area contributed by atoms with Gasteiger partial charge in [-0.3, -0.25) is 9.59 Å². The molecule has 0 spiro atoms. The highest BCUT2D eigenvalue weighted by Crippen LogP contribution is 2.05. The molecule has 0 bridgehead atoms. The average molecular weight is 197 g/mol. The normalized spacial score (nSPS) is 19.7. The Morgan fingerprint density at radius 2 is 2.57 bits per heavy atom. The Bertz CT molecular complexity index is 284. The highest BCUT2D eigenvalue weighted by molar-refractivity contribution is 5.90. The molecule has 1 fully saturated rings. The predicted octanol–water partition coefficient (Wildman–Crippen LogP) is -0.309. The fourth-order valence-electron chi connectivity index (χ4n) is 1.21. The van der Waals surface area contributed by atoms with Gasteiger partial charge >= 0.3 is 0 Å². The summed E-state index contributed by atoms with van der Waals surface area (Å²) in [6, 6.07) is -0.423. The lowest BCUT2D eigenvalue weighted by Gasteiger charge is -2.09. The van der Waals surface area contributed by atoms with E-state index in [1.165, 1.54) is 0 Å². The molecule has 0 aromatic carbocycles. The molecule has 0 aliphatic carbocycles. The summed E-state index contributed by atoms with van der Waals surface area (Å²) >= 11 is 0. The molecule has 2 N–H and O–H groups in total. The first-order valence-corrected chi connectivity index (χ1v) is 4.32. The number of carbonyl (C=O) groups excluding carboxylic acids is 2. The fraction of sp³-hybridized carbons (Fsp3) is 0.714. The van der Waals surface area contributed by atoms with Crippen molar-refractivity contribution in [2.45, 2.75) is 18.9 Å². The standard InChI is InChI=1S/C7H11N5O2/c8-12-10-4-3-9-7(14)5-1-2-6(13)11-5/h5H,1-4H2,(H,9,14)(H,11,13)/t5-/m0/s1. The zero-order valence-corrected chi connectivity index (χ0v) is 7.56. The van der Waals surface area contributed by atoms with E-state index >= 15 is 0 Å². The molecule has 7 nitrogen and oxygen atoms in total. The summed E-state index contributed by atoms with van der Waals surface area (Å²) in [5.41, 5.74) is 7.97. The molecule has 1 aliphatic rings. The Hall–Kier alpha value is -1.75. The Kier molecular flexibility index (Phi) is 3.75. The lowest BCUT2D eigenvalue weighted by atomic mass is 10.2. The molecular weight excluding hydrogens is 186 g/mol. The van der Waals surface area contributed by atoms with E-state index < -0.39 is 6.04 Å². The van der Waals surface area contributed by atoms with Crippen LogP contribution in [0.2, 0.25) is 0 Å². The summed E-state index contributed by atoms with van der Waals surface area (Å²) < 4.78 is 0. The average Bonchev–Trinajstić information content (AvgIpc) is 2.59. The van der Waals surface area contributed by atoms with Gasteiger partial charge in [-0.1, -0.05) is 5.11 Å². The number of nitrogens with zero attached hydrogens (tertiary/aromatic N) is 3. The number of amides is 2. The van der Waals surface area contributed by atoms with Gasteiger partial charge in [-0.15, -0.1) is 0 Å². The van der Waals surface area contributed by atoms with Crippen LogP contribution >= 0.6 is 0 Å². The largest absolute Gasteiger partial charge is 0.354 e. The van der Waals surface area contributed by atoms with Crippen molar-refractivity contribution in [2.75, 3.05) is 13.1 Å². The van der Waals surface area contributed by atoms with Crippen molar-refractivity contribution in [3.63, 3.8) is 0 Å². The number of azide groups is 1. The van der Waals surface area contributed by atoms with Crippen LogP contribution in [0.4, 0.5) is 0 Å². The van der Waals surface area contributed by atoms with E-state index in [1.807, 2.05) is 0 Å². The highest BCUT2D eigenvalue weighted by Gasteiger charge is 2.26. The Balaban J connectivity index is 2.21. The number of nitrogens with one attached hydrogen (secondary N) is 2. The van der Waals surface area contributed by atoms with Crippen molar-refractivity contribution >= 4 is 11.8 Å². The molecule has 0 saturated carbocycles. The van der Waals surface area contributed by atoms with Crippen LogP contribution in [-0.4, -0.2) is 30.9 Å². The zero-order valence-electron chi connectivity index (χ0n) is 7.56. The van der Waals surface area contributed by atoms with Crippen molar-refractivity contribution in [1.29, 1.82) is 0 Å². The molecule has 1 heterocycles. The Labute approximate surface area is 80.5 Å². The summed E-state index contributed by atoms with van der Waals surface area (Å²) in [6.07, 6.45) is 0.931. The number of hydrogen-bond acceptors (Lipinski definition) is 3. The highest BCUT2D eigenvalue weighted by atomic mass is 16.2. The molecule has 1 atom stereocenters. The van der Waals surface area contributed by atoms with Crippen LogP contribution in [0.1, 0.15) is 12.8 Å². The third-order valence-corrected chi connectivity index (χ3v) is 1.89. The second-order valence-electron chi connectivity index (χ2n) is 2.90. The molecule has 14 heavy (non-hydrogen) atoms. The molecular formula is C7H11N5O2. The molecule has 1 rings (SSSR count). The summed E-state index contributed by atoms with van der Waals surface area (Å²) in [5.74, 6) is -0.316. The lowest BCUT2D eigenvalue weighted by molar-refractivity contribution is -0.125. The quantitative estimate of drug-likeness (QED) is 0.279. The van der Waals surface area contributed by atoms with E-state index in [9.17, 15) is 9.59 Å². The van der Waals surface area contributed by atoms with E-state index in [-0.39, 0.29) is 18.4 Å². The summed E-state index contributed by atoms with van der Waals surface area (Å²) in [5, 5.41) is 8.37. The second kappa shape index (κ2) is 5.08. The molecule has 1 aliphatic heterocycles. The SMILES string of the molecule is [N-]=[N+]=NCCNC(=O)[C@@H]1CCC(=O)N1. The van der Waals surface area contributed by atoms with Gasteiger partial charge in [0.15, 0.2) is 0 Å². The number of carbonyl (C=O) groups is 2. The van der Waals surface area contributed by atoms with Gasteiger partial charge in [-0.25, -0.2) is 0 Å². The molecule has 0 aromatic rings. The Morgan fingerprint density at radius 3 is 3.14 bits per heavy atom. The van der Waals surface area contributed by atoms with Crippen LogP contribution in [0.25, 0.3) is 10.4 Å². The van der Waals surface area contributed by atoms with Crippen LogP contribution < -0.4 is 10.6 Å². The van der Waals surface area contributed by atoms with Gasteiger partial charge in [0.25, 0.3) is 0 Å². The topological polar surface area (TPSA) is 107 Å². The van der Waals surface area contributed by atoms with Crippen LogP contribution in [-0.2, 0) is 9.59 Å². The fourth-order valence-corrected chi connectivity index (χ4v) is 1.21. The van der Waals surface area contributed by atoms with Crippen molar-refractivity contribution in [3.05, 3.63) is 10.4 Å². The van der Waals surface area contributed by atoms with Crippen LogP contribution in [0.5, 0.6) is 0 Å². The van der Waals surface area contributed by atoms with Gasteiger partial charge in [0.05, 0.1) is 0 Å². The van der Waals surface area contributed by atoms with Crippen molar-refractivity contribution < 1.29 is 9.59 Å². The van der Waals surface area contributed by atoms with Gasteiger partial charge < -0.3 is 10.6 Å². The second-order valence-corrected chi connectivity index (χ2v) is 2.90. The number of hydrogen-bond donors (Lipinski definition) is 2. The maximum atomic E-state index is 11.3. The smallest absolute Gasteiger partial charge is 0.242 e. The van der Waals surface area contributed by atoms with Crippen molar-refractivity contribution in [1.82, 2.24) is 10.6 Å². The lowest BCUT2D eigenvalue weighted by Crippen LogP contribution is -2.42. The third kappa shape index (κ3) is 2.95. The first-order valence-electron chi connectivity index (χ1n) is 4.32. The van der Waals surface area contributed by atoms with Gasteiger partial charge in [-0.2, -0.15) is 0 Å². The minimum Gasteiger partial charge on any atom is -0.354 e. The molecule has 0 aromatic heterocycles.